The summed E-state index contributed by atoms with van der Waals surface area (Å²) in [5.74, 6) is 0.859. The van der Waals surface area contributed by atoms with Gasteiger partial charge < -0.3 is 19.5 Å². The molecule has 3 aromatic carbocycles. The summed E-state index contributed by atoms with van der Waals surface area (Å²) in [5.41, 5.74) is 4.99. The molecule has 4 aromatic rings. The molecule has 0 radical (unpaired) electrons. The van der Waals surface area contributed by atoms with Crippen LogP contribution in [0.3, 0.4) is 0 Å². The molecule has 1 saturated carbocycles. The van der Waals surface area contributed by atoms with E-state index in [4.69, 9.17) is 9.47 Å². The zero-order valence-corrected chi connectivity index (χ0v) is 27.5. The number of aryl methyl sites for hydroxylation is 2. The van der Waals surface area contributed by atoms with Gasteiger partial charge in [-0.25, -0.2) is 14.7 Å². The van der Waals surface area contributed by atoms with Crippen molar-refractivity contribution < 1.29 is 32.2 Å². The number of alkyl halides is 3. The number of nitrogens with zero attached hydrogens (tertiary/aromatic N) is 5. The largest absolute Gasteiger partial charge is 0.573 e. The van der Waals surface area contributed by atoms with Crippen LogP contribution in [-0.2, 0) is 9.53 Å². The van der Waals surface area contributed by atoms with Gasteiger partial charge >= 0.3 is 12.3 Å². The Bertz CT molecular complexity index is 1730. The van der Waals surface area contributed by atoms with Crippen molar-refractivity contribution in [3.05, 3.63) is 83.7 Å². The van der Waals surface area contributed by atoms with E-state index in [2.05, 4.69) is 30.1 Å². The Morgan fingerprint density at radius 1 is 1.04 bits per heavy atom. The third-order valence-electron chi connectivity index (χ3n) is 7.59. The van der Waals surface area contributed by atoms with Crippen LogP contribution >= 0.6 is 11.8 Å². The minimum absolute atomic E-state index is 0.0185. The Morgan fingerprint density at radius 3 is 2.38 bits per heavy atom. The van der Waals surface area contributed by atoms with Gasteiger partial charge in [-0.3, -0.25) is 9.79 Å². The molecule has 1 heterocycles. The Balaban J connectivity index is 1.21. The first-order valence-electron chi connectivity index (χ1n) is 15.2. The first-order chi connectivity index (χ1) is 23.1. The number of hydrogen-bond acceptors (Lipinski definition) is 9. The van der Waals surface area contributed by atoms with Crippen molar-refractivity contribution in [1.29, 1.82) is 0 Å². The minimum atomic E-state index is -4.76. The molecule has 0 spiro atoms. The number of rotatable bonds is 11. The molecular formula is C34H35F3N6O4S. The van der Waals surface area contributed by atoms with Crippen LogP contribution in [0.25, 0.3) is 17.1 Å². The first-order valence-corrected chi connectivity index (χ1v) is 16.2. The van der Waals surface area contributed by atoms with Gasteiger partial charge in [-0.05, 0) is 91.5 Å². The molecule has 0 bridgehead atoms. The lowest BCUT2D eigenvalue weighted by Gasteiger charge is -2.16. The van der Waals surface area contributed by atoms with Crippen molar-refractivity contribution >= 4 is 34.8 Å². The summed E-state index contributed by atoms with van der Waals surface area (Å²) < 4.78 is 53.6. The van der Waals surface area contributed by atoms with E-state index in [0.29, 0.717) is 16.7 Å². The molecule has 1 N–H and O–H groups in total. The number of carbonyl (C=O) groups is 1. The van der Waals surface area contributed by atoms with Gasteiger partial charge in [-0.2, -0.15) is 0 Å². The molecule has 1 aromatic heterocycles. The highest BCUT2D eigenvalue weighted by Gasteiger charge is 2.31. The monoisotopic (exact) mass is 680 g/mol. The second kappa shape index (κ2) is 15.8. The fourth-order valence-electron chi connectivity index (χ4n) is 5.18. The molecule has 0 amide bonds. The fourth-order valence-corrected chi connectivity index (χ4v) is 5.79. The van der Waals surface area contributed by atoms with Crippen molar-refractivity contribution in [2.45, 2.75) is 45.9 Å². The average Bonchev–Trinajstić information content (AvgIpc) is 3.78. The van der Waals surface area contributed by atoms with Gasteiger partial charge in [0.2, 0.25) is 0 Å². The fraction of sp³-hybridized carbons (Fsp3) is 0.324. The molecular weight excluding hydrogens is 645 g/mol. The number of carbonyl (C=O) groups excluding carboxylic acids is 1. The molecule has 252 valence electrons. The highest BCUT2D eigenvalue weighted by molar-refractivity contribution is 8.14. The van der Waals surface area contributed by atoms with E-state index in [0.717, 1.165) is 59.4 Å². The van der Waals surface area contributed by atoms with Crippen LogP contribution in [0, 0.1) is 19.8 Å². The number of methoxy groups -OCH3 is 1. The SMILES string of the molecule is COc1cc(C)c(NC(=NCN=Cc2ccc(-c3ncn(-c4ccc(OC(F)(F)F)cc4)n3)cc2)SCOC(=O)C2CCCC2)c(C)c1. The number of anilines is 1. The standard InChI is InChI=1S/C34H35F3N6O4S/c1-22-16-29(45-3)17-23(2)30(22)41-33(48-21-46-32(44)26-6-4-5-7-26)39-19-38-18-24-8-10-25(11-9-24)31-40-20-43(42-31)27-12-14-28(15-13-27)47-34(35,36)37/h8-18,20,26H,4-7,19,21H2,1-3H3,(H,39,41). The Labute approximate surface area is 280 Å². The Morgan fingerprint density at radius 2 is 1.73 bits per heavy atom. The predicted octanol–water partition coefficient (Wildman–Crippen LogP) is 7.73. The topological polar surface area (TPSA) is 112 Å². The summed E-state index contributed by atoms with van der Waals surface area (Å²) in [5, 5.41) is 8.39. The van der Waals surface area contributed by atoms with E-state index in [-0.39, 0.29) is 30.2 Å². The van der Waals surface area contributed by atoms with Gasteiger partial charge in [-0.15, -0.1) is 18.3 Å². The molecule has 0 atom stereocenters. The van der Waals surface area contributed by atoms with Crippen LogP contribution in [0.1, 0.15) is 42.4 Å². The van der Waals surface area contributed by atoms with E-state index >= 15 is 0 Å². The summed E-state index contributed by atoms with van der Waals surface area (Å²) in [6.45, 7) is 4.10. The van der Waals surface area contributed by atoms with Crippen LogP contribution < -0.4 is 14.8 Å². The van der Waals surface area contributed by atoms with E-state index in [1.165, 1.54) is 47.0 Å². The Kier molecular flexibility index (Phi) is 11.4. The van der Waals surface area contributed by atoms with Gasteiger partial charge in [-0.1, -0.05) is 37.1 Å². The summed E-state index contributed by atoms with van der Waals surface area (Å²) in [7, 11) is 1.63. The number of aliphatic imine (C=N–C) groups is 2. The normalized spacial score (nSPS) is 14.0. The van der Waals surface area contributed by atoms with Crippen LogP contribution in [0.15, 0.2) is 77.0 Å². The van der Waals surface area contributed by atoms with Crippen LogP contribution in [-0.4, -0.2) is 58.2 Å². The van der Waals surface area contributed by atoms with Crippen LogP contribution in [0.4, 0.5) is 18.9 Å². The maximum atomic E-state index is 12.4. The molecule has 1 fully saturated rings. The summed E-state index contributed by atoms with van der Waals surface area (Å²) in [4.78, 5) is 25.9. The number of hydrogen-bond donors (Lipinski definition) is 1. The van der Waals surface area contributed by atoms with Gasteiger partial charge in [0.05, 0.1) is 18.7 Å². The van der Waals surface area contributed by atoms with Crippen LogP contribution in [0.2, 0.25) is 0 Å². The van der Waals surface area contributed by atoms with E-state index in [1.807, 2.05) is 50.2 Å². The van der Waals surface area contributed by atoms with Gasteiger partial charge in [0.15, 0.2) is 11.0 Å². The predicted molar refractivity (Wildman–Crippen MR) is 180 cm³/mol. The molecule has 48 heavy (non-hydrogen) atoms. The summed E-state index contributed by atoms with van der Waals surface area (Å²) in [6.07, 6.45) is 2.31. The lowest BCUT2D eigenvalue weighted by atomic mass is 10.1. The second-order valence-electron chi connectivity index (χ2n) is 11.1. The quantitative estimate of drug-likeness (QED) is 0.0742. The van der Waals surface area contributed by atoms with Gasteiger partial charge in [0.25, 0.3) is 0 Å². The zero-order chi connectivity index (χ0) is 34.1. The van der Waals surface area contributed by atoms with E-state index in [9.17, 15) is 18.0 Å². The first kappa shape index (κ1) is 34.5. The molecule has 10 nitrogen and oxygen atoms in total. The molecule has 1 aliphatic rings. The van der Waals surface area contributed by atoms with Crippen molar-refractivity contribution in [2.24, 2.45) is 15.9 Å². The minimum Gasteiger partial charge on any atom is -0.497 e. The van der Waals surface area contributed by atoms with E-state index < -0.39 is 6.36 Å². The molecule has 14 heteroatoms. The van der Waals surface area contributed by atoms with Gasteiger partial charge in [0.1, 0.15) is 30.4 Å². The third-order valence-corrected chi connectivity index (χ3v) is 8.33. The smallest absolute Gasteiger partial charge is 0.497 e. The zero-order valence-electron chi connectivity index (χ0n) is 26.7. The van der Waals surface area contributed by atoms with Gasteiger partial charge in [0, 0.05) is 17.5 Å². The maximum absolute atomic E-state index is 12.4. The highest BCUT2D eigenvalue weighted by Crippen LogP contribution is 2.29. The molecule has 0 saturated heterocycles. The average molecular weight is 681 g/mol. The van der Waals surface area contributed by atoms with Crippen molar-refractivity contribution in [3.8, 4) is 28.6 Å². The lowest BCUT2D eigenvalue weighted by molar-refractivity contribution is -0.274. The number of benzene rings is 3. The Hall–Kier alpha value is -4.85. The number of nitrogens with one attached hydrogen (secondary N) is 1. The van der Waals surface area contributed by atoms with Crippen molar-refractivity contribution in [2.75, 3.05) is 25.0 Å². The van der Waals surface area contributed by atoms with Crippen molar-refractivity contribution in [3.63, 3.8) is 0 Å². The maximum Gasteiger partial charge on any atom is 0.573 e. The number of ether oxygens (including phenoxy) is 3. The van der Waals surface area contributed by atoms with E-state index in [1.54, 1.807) is 13.3 Å². The summed E-state index contributed by atoms with van der Waals surface area (Å²) in [6, 6.07) is 16.7. The third kappa shape index (κ3) is 9.59. The summed E-state index contributed by atoms with van der Waals surface area (Å²) >= 11 is 1.30. The molecule has 1 aliphatic carbocycles. The lowest BCUT2D eigenvalue weighted by Crippen LogP contribution is -2.17. The van der Waals surface area contributed by atoms with Crippen LogP contribution in [0.5, 0.6) is 11.5 Å². The number of amidine groups is 1. The second-order valence-corrected chi connectivity index (χ2v) is 12.0. The molecule has 5 rings (SSSR count). The number of thioether (sulfide) groups is 1. The van der Waals surface area contributed by atoms with Crippen molar-refractivity contribution in [1.82, 2.24) is 14.8 Å². The highest BCUT2D eigenvalue weighted by atomic mass is 32.2. The molecule has 0 unspecified atom stereocenters. The molecule has 0 aliphatic heterocycles. The number of esters is 1. The number of halogens is 3. The number of aromatic nitrogens is 3.